The summed E-state index contributed by atoms with van der Waals surface area (Å²) in [5, 5.41) is 3.18. The lowest BCUT2D eigenvalue weighted by Gasteiger charge is -2.16. The molecular weight excluding hydrogens is 416 g/mol. The minimum absolute atomic E-state index is 0.222. The van der Waals surface area contributed by atoms with Crippen LogP contribution in [0.2, 0.25) is 0 Å². The van der Waals surface area contributed by atoms with Crippen LogP contribution < -0.4 is 19.7 Å². The highest BCUT2D eigenvalue weighted by atomic mass is 16.5. The van der Waals surface area contributed by atoms with E-state index in [1.54, 1.807) is 36.4 Å². The molecule has 0 saturated heterocycles. The normalized spacial score (nSPS) is 13.5. The first kappa shape index (κ1) is 22.1. The molecule has 1 aliphatic heterocycles. The molecule has 0 aromatic heterocycles. The van der Waals surface area contributed by atoms with Crippen molar-refractivity contribution in [2.45, 2.75) is 20.8 Å². The van der Waals surface area contributed by atoms with Crippen molar-refractivity contribution in [2.24, 2.45) is 0 Å². The summed E-state index contributed by atoms with van der Waals surface area (Å²) in [7, 11) is 0. The number of nitrogens with zero attached hydrogens (tertiary/aromatic N) is 1. The molecule has 3 aromatic rings. The third-order valence-corrected chi connectivity index (χ3v) is 5.21. The predicted molar refractivity (Wildman–Crippen MR) is 129 cm³/mol. The Morgan fingerprint density at radius 3 is 2.18 bits per heavy atom. The standard InChI is InChI=1S/C27H26N2O4/c1-4-32-22-14-12-19(13-15-22)24-25(28-20-9-7-11-23(17-20)33-5-2)27(31)29(26(24)30)21-10-6-8-18(3)16-21/h6-17,28H,4-5H2,1-3H3. The Balaban J connectivity index is 1.78. The molecule has 0 fully saturated rings. The first-order chi connectivity index (χ1) is 16.0. The van der Waals surface area contributed by atoms with Gasteiger partial charge in [-0.25, -0.2) is 4.90 Å². The molecule has 3 aromatic carbocycles. The van der Waals surface area contributed by atoms with Crippen LogP contribution in [-0.4, -0.2) is 25.0 Å². The molecule has 0 aliphatic carbocycles. The molecule has 1 heterocycles. The summed E-state index contributed by atoms with van der Waals surface area (Å²) in [6.07, 6.45) is 0. The van der Waals surface area contributed by atoms with Crippen LogP contribution in [0.15, 0.2) is 78.5 Å². The molecule has 0 saturated carbocycles. The van der Waals surface area contributed by atoms with E-state index in [0.717, 1.165) is 5.56 Å². The first-order valence-corrected chi connectivity index (χ1v) is 10.9. The maximum absolute atomic E-state index is 13.6. The number of hydrogen-bond acceptors (Lipinski definition) is 5. The second kappa shape index (κ2) is 9.61. The molecular formula is C27H26N2O4. The van der Waals surface area contributed by atoms with Crippen LogP contribution >= 0.6 is 0 Å². The van der Waals surface area contributed by atoms with Gasteiger partial charge in [0.15, 0.2) is 0 Å². The lowest BCUT2D eigenvalue weighted by molar-refractivity contribution is -0.120. The van der Waals surface area contributed by atoms with Gasteiger partial charge in [0.25, 0.3) is 11.8 Å². The summed E-state index contributed by atoms with van der Waals surface area (Å²) in [5.41, 5.74) is 3.32. The van der Waals surface area contributed by atoms with Crippen molar-refractivity contribution >= 4 is 28.8 Å². The minimum Gasteiger partial charge on any atom is -0.494 e. The number of anilines is 2. The zero-order valence-corrected chi connectivity index (χ0v) is 18.9. The van der Waals surface area contributed by atoms with Gasteiger partial charge < -0.3 is 14.8 Å². The average molecular weight is 443 g/mol. The summed E-state index contributed by atoms with van der Waals surface area (Å²) in [4.78, 5) is 28.3. The Morgan fingerprint density at radius 2 is 1.48 bits per heavy atom. The number of imide groups is 1. The summed E-state index contributed by atoms with van der Waals surface area (Å²) in [6.45, 7) is 6.82. The van der Waals surface area contributed by atoms with Crippen LogP contribution in [0, 0.1) is 6.92 Å². The number of carbonyl (C=O) groups excluding carboxylic acids is 2. The number of ether oxygens (including phenoxy) is 2. The highest BCUT2D eigenvalue weighted by Crippen LogP contribution is 2.35. The topological polar surface area (TPSA) is 67.9 Å². The number of hydrogen-bond donors (Lipinski definition) is 1. The van der Waals surface area contributed by atoms with Crippen LogP contribution in [-0.2, 0) is 9.59 Å². The van der Waals surface area contributed by atoms with Crippen molar-refractivity contribution in [3.8, 4) is 11.5 Å². The van der Waals surface area contributed by atoms with Gasteiger partial charge in [0.2, 0.25) is 0 Å². The molecule has 2 amide bonds. The molecule has 0 bridgehead atoms. The number of carbonyl (C=O) groups is 2. The maximum atomic E-state index is 13.6. The second-order valence-electron chi connectivity index (χ2n) is 7.58. The number of amides is 2. The number of nitrogens with one attached hydrogen (secondary N) is 1. The highest BCUT2D eigenvalue weighted by molar-refractivity contribution is 6.46. The van der Waals surface area contributed by atoms with Crippen LogP contribution in [0.1, 0.15) is 25.0 Å². The molecule has 1 N–H and O–H groups in total. The van der Waals surface area contributed by atoms with E-state index in [1.807, 2.05) is 57.2 Å². The lowest BCUT2D eigenvalue weighted by Crippen LogP contribution is -2.32. The quantitative estimate of drug-likeness (QED) is 0.487. The van der Waals surface area contributed by atoms with Crippen molar-refractivity contribution in [3.63, 3.8) is 0 Å². The monoisotopic (exact) mass is 442 g/mol. The fraction of sp³-hybridized carbons (Fsp3) is 0.185. The molecule has 0 spiro atoms. The van der Waals surface area contributed by atoms with Gasteiger partial charge in [-0.2, -0.15) is 0 Å². The van der Waals surface area contributed by atoms with Gasteiger partial charge in [-0.1, -0.05) is 30.3 Å². The molecule has 1 aliphatic rings. The summed E-state index contributed by atoms with van der Waals surface area (Å²) >= 11 is 0. The lowest BCUT2D eigenvalue weighted by atomic mass is 10.0. The SMILES string of the molecule is CCOc1ccc(C2=C(Nc3cccc(OCC)c3)C(=O)N(c3cccc(C)c3)C2=O)cc1. The van der Waals surface area contributed by atoms with E-state index in [0.29, 0.717) is 47.2 Å². The molecule has 6 nitrogen and oxygen atoms in total. The summed E-state index contributed by atoms with van der Waals surface area (Å²) < 4.78 is 11.1. The van der Waals surface area contributed by atoms with Crippen LogP contribution in [0.3, 0.4) is 0 Å². The van der Waals surface area contributed by atoms with Crippen molar-refractivity contribution in [1.29, 1.82) is 0 Å². The largest absolute Gasteiger partial charge is 0.494 e. The zero-order chi connectivity index (χ0) is 23.4. The third-order valence-electron chi connectivity index (χ3n) is 5.21. The van der Waals surface area contributed by atoms with Gasteiger partial charge in [-0.15, -0.1) is 0 Å². The van der Waals surface area contributed by atoms with Gasteiger partial charge in [-0.05, 0) is 68.3 Å². The van der Waals surface area contributed by atoms with E-state index < -0.39 is 5.91 Å². The maximum Gasteiger partial charge on any atom is 0.282 e. The van der Waals surface area contributed by atoms with Crippen LogP contribution in [0.25, 0.3) is 5.57 Å². The summed E-state index contributed by atoms with van der Waals surface area (Å²) in [5.74, 6) is 0.598. The van der Waals surface area contributed by atoms with Crippen LogP contribution in [0.4, 0.5) is 11.4 Å². The smallest absolute Gasteiger partial charge is 0.282 e. The van der Waals surface area contributed by atoms with Gasteiger partial charge >= 0.3 is 0 Å². The van der Waals surface area contributed by atoms with Crippen LogP contribution in [0.5, 0.6) is 11.5 Å². The number of aryl methyl sites for hydroxylation is 1. The second-order valence-corrected chi connectivity index (χ2v) is 7.58. The van der Waals surface area contributed by atoms with Crippen molar-refractivity contribution in [3.05, 3.63) is 89.6 Å². The van der Waals surface area contributed by atoms with E-state index in [9.17, 15) is 9.59 Å². The number of rotatable bonds is 8. The Labute approximate surface area is 193 Å². The van der Waals surface area contributed by atoms with Crippen molar-refractivity contribution in [1.82, 2.24) is 0 Å². The van der Waals surface area contributed by atoms with Crippen molar-refractivity contribution < 1.29 is 19.1 Å². The summed E-state index contributed by atoms with van der Waals surface area (Å²) in [6, 6.07) is 21.8. The Kier molecular flexibility index (Phi) is 6.45. The van der Waals surface area contributed by atoms with Crippen molar-refractivity contribution in [2.75, 3.05) is 23.4 Å². The molecule has 0 radical (unpaired) electrons. The van der Waals surface area contributed by atoms with Gasteiger partial charge in [0, 0.05) is 11.8 Å². The van der Waals surface area contributed by atoms with E-state index >= 15 is 0 Å². The zero-order valence-electron chi connectivity index (χ0n) is 18.9. The number of benzene rings is 3. The van der Waals surface area contributed by atoms with Gasteiger partial charge in [0.1, 0.15) is 17.2 Å². The molecule has 0 unspecified atom stereocenters. The first-order valence-electron chi connectivity index (χ1n) is 10.9. The highest BCUT2D eigenvalue weighted by Gasteiger charge is 2.40. The van der Waals surface area contributed by atoms with Gasteiger partial charge in [-0.3, -0.25) is 9.59 Å². The molecule has 4 rings (SSSR count). The Hall–Kier alpha value is -4.06. The fourth-order valence-electron chi connectivity index (χ4n) is 3.77. The fourth-order valence-corrected chi connectivity index (χ4v) is 3.77. The predicted octanol–water partition coefficient (Wildman–Crippen LogP) is 5.19. The molecule has 168 valence electrons. The Bertz CT molecular complexity index is 1210. The van der Waals surface area contributed by atoms with E-state index in [4.69, 9.17) is 9.47 Å². The molecule has 33 heavy (non-hydrogen) atoms. The minimum atomic E-state index is -0.406. The molecule has 0 atom stereocenters. The van der Waals surface area contributed by atoms with Gasteiger partial charge in [0.05, 0.1) is 24.5 Å². The molecule has 6 heteroatoms. The Morgan fingerprint density at radius 1 is 0.788 bits per heavy atom. The van der Waals surface area contributed by atoms with E-state index in [1.165, 1.54) is 4.90 Å². The average Bonchev–Trinajstić information content (AvgIpc) is 3.04. The third kappa shape index (κ3) is 4.60. The van der Waals surface area contributed by atoms with E-state index in [-0.39, 0.29) is 11.6 Å². The van der Waals surface area contributed by atoms with E-state index in [2.05, 4.69) is 5.32 Å².